The Labute approximate surface area is 81.2 Å². The summed E-state index contributed by atoms with van der Waals surface area (Å²) in [7, 11) is 2.40. The number of ether oxygens (including phenoxy) is 1. The molecule has 3 N–H and O–H groups in total. The third kappa shape index (κ3) is 2.95. The van der Waals surface area contributed by atoms with Gasteiger partial charge in [0.2, 0.25) is 0 Å². The van der Waals surface area contributed by atoms with Crippen LogP contribution in [0.4, 0.5) is 0 Å². The molecule has 1 aromatic rings. The molecule has 0 saturated heterocycles. The van der Waals surface area contributed by atoms with E-state index in [1.165, 1.54) is 19.2 Å². The third-order valence-corrected chi connectivity index (χ3v) is 1.43. The highest BCUT2D eigenvalue weighted by Gasteiger charge is 2.06. The summed E-state index contributed by atoms with van der Waals surface area (Å²) in [6.45, 7) is 0. The van der Waals surface area contributed by atoms with Gasteiger partial charge in [-0.15, -0.1) is 0 Å². The van der Waals surface area contributed by atoms with Crippen molar-refractivity contribution >= 4 is 5.97 Å². The zero-order valence-corrected chi connectivity index (χ0v) is 7.89. The Morgan fingerprint density at radius 1 is 1.36 bits per heavy atom. The zero-order valence-electron chi connectivity index (χ0n) is 7.89. The quantitative estimate of drug-likeness (QED) is 0.654. The van der Waals surface area contributed by atoms with E-state index in [4.69, 9.17) is 20.1 Å². The van der Waals surface area contributed by atoms with Crippen LogP contribution in [0.2, 0.25) is 0 Å². The molecule has 0 bridgehead atoms. The molecule has 5 nitrogen and oxygen atoms in total. The van der Waals surface area contributed by atoms with Crippen LogP contribution < -0.4 is 4.74 Å². The summed E-state index contributed by atoms with van der Waals surface area (Å²) in [6.07, 6.45) is 0. The van der Waals surface area contributed by atoms with E-state index in [2.05, 4.69) is 0 Å². The van der Waals surface area contributed by atoms with Crippen molar-refractivity contribution in [3.63, 3.8) is 0 Å². The second-order valence-corrected chi connectivity index (χ2v) is 2.19. The molecule has 0 aliphatic heterocycles. The van der Waals surface area contributed by atoms with Crippen molar-refractivity contribution in [3.8, 4) is 11.5 Å². The Hall–Kier alpha value is -1.75. The SMILES string of the molecule is CO.COc1ccc(C(=O)O)cc1O. The molecule has 0 unspecified atom stereocenters. The van der Waals surface area contributed by atoms with Gasteiger partial charge >= 0.3 is 5.97 Å². The van der Waals surface area contributed by atoms with Crippen LogP contribution in [0.15, 0.2) is 18.2 Å². The molecule has 0 radical (unpaired) electrons. The number of carboxylic acid groups (broad SMARTS) is 1. The van der Waals surface area contributed by atoms with Gasteiger partial charge in [0.15, 0.2) is 11.5 Å². The molecule has 0 aromatic heterocycles. The lowest BCUT2D eigenvalue weighted by Gasteiger charge is -2.02. The largest absolute Gasteiger partial charge is 0.504 e. The monoisotopic (exact) mass is 200 g/mol. The highest BCUT2D eigenvalue weighted by molar-refractivity contribution is 5.88. The normalized spacial score (nSPS) is 8.50. The van der Waals surface area contributed by atoms with Gasteiger partial charge in [0, 0.05) is 7.11 Å². The van der Waals surface area contributed by atoms with Crippen molar-refractivity contribution in [1.29, 1.82) is 0 Å². The number of carbonyl (C=O) groups is 1. The van der Waals surface area contributed by atoms with Crippen molar-refractivity contribution in [1.82, 2.24) is 0 Å². The topological polar surface area (TPSA) is 87.0 Å². The number of hydrogen-bond acceptors (Lipinski definition) is 4. The van der Waals surface area contributed by atoms with Crippen LogP contribution in [0.5, 0.6) is 11.5 Å². The van der Waals surface area contributed by atoms with E-state index in [-0.39, 0.29) is 17.1 Å². The summed E-state index contributed by atoms with van der Waals surface area (Å²) in [5.74, 6) is -0.981. The first-order valence-electron chi connectivity index (χ1n) is 3.70. The number of aliphatic hydroxyl groups excluding tert-OH is 1. The number of aromatic hydroxyl groups is 1. The molecule has 0 saturated carbocycles. The summed E-state index contributed by atoms with van der Waals surface area (Å²) < 4.78 is 4.74. The number of aliphatic hydroxyl groups is 1. The van der Waals surface area contributed by atoms with Gasteiger partial charge in [-0.25, -0.2) is 4.79 Å². The molecule has 1 rings (SSSR count). The summed E-state index contributed by atoms with van der Waals surface area (Å²) in [5.41, 5.74) is 0.0355. The first-order valence-corrected chi connectivity index (χ1v) is 3.70. The van der Waals surface area contributed by atoms with Gasteiger partial charge in [-0.1, -0.05) is 0 Å². The average Bonchev–Trinajstić information content (AvgIpc) is 2.20. The molecule has 78 valence electrons. The predicted molar refractivity (Wildman–Crippen MR) is 49.8 cm³/mol. The van der Waals surface area contributed by atoms with E-state index >= 15 is 0 Å². The van der Waals surface area contributed by atoms with E-state index in [1.54, 1.807) is 0 Å². The molecule has 0 aliphatic carbocycles. The maximum absolute atomic E-state index is 10.4. The van der Waals surface area contributed by atoms with Gasteiger partial charge in [-0.05, 0) is 18.2 Å². The fourth-order valence-electron chi connectivity index (χ4n) is 0.823. The van der Waals surface area contributed by atoms with Crippen LogP contribution in [0, 0.1) is 0 Å². The fourth-order valence-corrected chi connectivity index (χ4v) is 0.823. The number of hydrogen-bond donors (Lipinski definition) is 3. The Balaban J connectivity index is 0.000000791. The van der Waals surface area contributed by atoms with Gasteiger partial charge in [-0.2, -0.15) is 0 Å². The van der Waals surface area contributed by atoms with Gasteiger partial charge < -0.3 is 20.1 Å². The van der Waals surface area contributed by atoms with Crippen LogP contribution in [0.1, 0.15) is 10.4 Å². The van der Waals surface area contributed by atoms with E-state index in [9.17, 15) is 4.79 Å². The minimum Gasteiger partial charge on any atom is -0.504 e. The number of aromatic carboxylic acids is 1. The lowest BCUT2D eigenvalue weighted by molar-refractivity contribution is 0.0696. The average molecular weight is 200 g/mol. The number of phenolic OH excluding ortho intramolecular Hbond substituents is 1. The van der Waals surface area contributed by atoms with Crippen molar-refractivity contribution in [2.75, 3.05) is 14.2 Å². The molecule has 5 heteroatoms. The Kier molecular flexibility index (Phi) is 5.09. The van der Waals surface area contributed by atoms with Crippen LogP contribution in [-0.2, 0) is 0 Å². The zero-order chi connectivity index (χ0) is 11.1. The van der Waals surface area contributed by atoms with Crippen molar-refractivity contribution in [2.45, 2.75) is 0 Å². The molecule has 1 aromatic carbocycles. The Morgan fingerprint density at radius 3 is 2.29 bits per heavy atom. The van der Waals surface area contributed by atoms with Crippen LogP contribution in [0.3, 0.4) is 0 Å². The molecule has 14 heavy (non-hydrogen) atoms. The van der Waals surface area contributed by atoms with Gasteiger partial charge in [0.25, 0.3) is 0 Å². The first kappa shape index (κ1) is 12.2. The number of phenols is 1. The highest BCUT2D eigenvalue weighted by Crippen LogP contribution is 2.25. The van der Waals surface area contributed by atoms with Gasteiger partial charge in [-0.3, -0.25) is 0 Å². The summed E-state index contributed by atoms with van der Waals surface area (Å²) in [6, 6.07) is 3.90. The molecule has 0 atom stereocenters. The van der Waals surface area contributed by atoms with Crippen molar-refractivity contribution in [2.24, 2.45) is 0 Å². The van der Waals surface area contributed by atoms with Crippen LogP contribution >= 0.6 is 0 Å². The molecule has 0 fully saturated rings. The number of carboxylic acids is 1. The maximum Gasteiger partial charge on any atom is 0.335 e. The van der Waals surface area contributed by atoms with Crippen molar-refractivity contribution in [3.05, 3.63) is 23.8 Å². The van der Waals surface area contributed by atoms with E-state index < -0.39 is 5.97 Å². The summed E-state index contributed by atoms with van der Waals surface area (Å²) in [5, 5.41) is 24.7. The molecular weight excluding hydrogens is 188 g/mol. The second kappa shape index (κ2) is 5.82. The summed E-state index contributed by atoms with van der Waals surface area (Å²) in [4.78, 5) is 10.4. The van der Waals surface area contributed by atoms with E-state index in [0.29, 0.717) is 0 Å². The molecule has 0 spiro atoms. The lowest BCUT2D eigenvalue weighted by Crippen LogP contribution is -1.95. The molecular formula is C9H12O5. The van der Waals surface area contributed by atoms with Crippen LogP contribution in [0.25, 0.3) is 0 Å². The Morgan fingerprint density at radius 2 is 1.93 bits per heavy atom. The van der Waals surface area contributed by atoms with Crippen LogP contribution in [-0.4, -0.2) is 35.5 Å². The van der Waals surface area contributed by atoms with E-state index in [0.717, 1.165) is 13.2 Å². The fraction of sp³-hybridized carbons (Fsp3) is 0.222. The van der Waals surface area contributed by atoms with Gasteiger partial charge in [0.1, 0.15) is 0 Å². The third-order valence-electron chi connectivity index (χ3n) is 1.43. The molecule has 0 heterocycles. The minimum absolute atomic E-state index is 0.0355. The molecule has 0 amide bonds. The highest BCUT2D eigenvalue weighted by atomic mass is 16.5. The minimum atomic E-state index is -1.08. The number of rotatable bonds is 2. The Bertz CT molecular complexity index is 308. The predicted octanol–water partition coefficient (Wildman–Crippen LogP) is 0.707. The molecule has 0 aliphatic rings. The van der Waals surface area contributed by atoms with Crippen molar-refractivity contribution < 1.29 is 24.9 Å². The standard InChI is InChI=1S/C8H8O4.CH4O/c1-12-7-3-2-5(8(10)11)4-6(7)9;1-2/h2-4,9H,1H3,(H,10,11);2H,1H3. The van der Waals surface area contributed by atoms with E-state index in [1.807, 2.05) is 0 Å². The van der Waals surface area contributed by atoms with Gasteiger partial charge in [0.05, 0.1) is 12.7 Å². The lowest BCUT2D eigenvalue weighted by atomic mass is 10.2. The summed E-state index contributed by atoms with van der Waals surface area (Å²) >= 11 is 0. The maximum atomic E-state index is 10.4. The number of methoxy groups -OCH3 is 1. The number of benzene rings is 1. The smallest absolute Gasteiger partial charge is 0.335 e. The second-order valence-electron chi connectivity index (χ2n) is 2.19. The first-order chi connectivity index (χ1) is 6.65.